The highest BCUT2D eigenvalue weighted by atomic mass is 16.5. The molecule has 0 radical (unpaired) electrons. The van der Waals surface area contributed by atoms with Crippen LogP contribution in [-0.2, 0) is 6.54 Å². The monoisotopic (exact) mass is 276 g/mol. The van der Waals surface area contributed by atoms with Crippen LogP contribution in [0.25, 0.3) is 0 Å². The quantitative estimate of drug-likeness (QED) is 0.828. The van der Waals surface area contributed by atoms with Crippen molar-refractivity contribution in [3.8, 4) is 5.75 Å². The minimum Gasteiger partial charge on any atom is -0.491 e. The second-order valence-electron chi connectivity index (χ2n) is 5.87. The fraction of sp³-hybridized carbons (Fsp3) is 0.647. The van der Waals surface area contributed by atoms with Gasteiger partial charge in [-0.3, -0.25) is 4.90 Å². The summed E-state index contributed by atoms with van der Waals surface area (Å²) in [4.78, 5) is 2.57. The minimum absolute atomic E-state index is 0.231. The third-order valence-corrected chi connectivity index (χ3v) is 3.88. The Morgan fingerprint density at radius 2 is 2.25 bits per heavy atom. The van der Waals surface area contributed by atoms with Crippen LogP contribution in [0.15, 0.2) is 24.3 Å². The minimum atomic E-state index is 0.231. The molecule has 0 spiro atoms. The van der Waals surface area contributed by atoms with E-state index in [4.69, 9.17) is 4.74 Å². The van der Waals surface area contributed by atoms with Crippen LogP contribution in [0, 0.1) is 0 Å². The lowest BCUT2D eigenvalue weighted by Gasteiger charge is -2.23. The van der Waals surface area contributed by atoms with Gasteiger partial charge in [-0.15, -0.1) is 0 Å². The van der Waals surface area contributed by atoms with E-state index in [0.29, 0.717) is 0 Å². The first kappa shape index (κ1) is 15.3. The van der Waals surface area contributed by atoms with Crippen molar-refractivity contribution in [1.82, 2.24) is 10.2 Å². The van der Waals surface area contributed by atoms with Gasteiger partial charge in [0.05, 0.1) is 6.10 Å². The third kappa shape index (κ3) is 4.50. The summed E-state index contributed by atoms with van der Waals surface area (Å²) >= 11 is 0. The van der Waals surface area contributed by atoms with Crippen molar-refractivity contribution in [2.24, 2.45) is 0 Å². The third-order valence-electron chi connectivity index (χ3n) is 3.88. The first-order valence-corrected chi connectivity index (χ1v) is 7.89. The Hall–Kier alpha value is -1.06. The number of nitrogens with one attached hydrogen (secondary N) is 1. The molecule has 112 valence electrons. The van der Waals surface area contributed by atoms with Crippen molar-refractivity contribution < 1.29 is 4.74 Å². The van der Waals surface area contributed by atoms with Crippen molar-refractivity contribution in [3.05, 3.63) is 29.8 Å². The number of hydrogen-bond donors (Lipinski definition) is 1. The molecule has 1 heterocycles. The van der Waals surface area contributed by atoms with Gasteiger partial charge in [-0.2, -0.15) is 0 Å². The topological polar surface area (TPSA) is 24.5 Å². The number of rotatable bonds is 7. The van der Waals surface area contributed by atoms with E-state index in [1.165, 1.54) is 31.5 Å². The average Bonchev–Trinajstić information content (AvgIpc) is 2.86. The molecule has 0 amide bonds. The molecular weight excluding hydrogens is 248 g/mol. The predicted octanol–water partition coefficient (Wildman–Crippen LogP) is 3.05. The Morgan fingerprint density at radius 3 is 3.00 bits per heavy atom. The van der Waals surface area contributed by atoms with Gasteiger partial charge >= 0.3 is 0 Å². The second kappa shape index (κ2) is 7.65. The number of nitrogens with zero attached hydrogens (tertiary/aromatic N) is 1. The molecule has 1 aliphatic rings. The number of likely N-dealkylation sites (tertiary alicyclic amines) is 1. The molecule has 3 heteroatoms. The zero-order chi connectivity index (χ0) is 14.4. The fourth-order valence-corrected chi connectivity index (χ4v) is 2.93. The van der Waals surface area contributed by atoms with E-state index in [1.54, 1.807) is 0 Å². The van der Waals surface area contributed by atoms with Gasteiger partial charge in [0, 0.05) is 19.1 Å². The Labute approximate surface area is 123 Å². The normalized spacial score (nSPS) is 19.7. The first-order valence-electron chi connectivity index (χ1n) is 7.89. The highest BCUT2D eigenvalue weighted by Gasteiger charge is 2.21. The van der Waals surface area contributed by atoms with Gasteiger partial charge < -0.3 is 10.1 Å². The van der Waals surface area contributed by atoms with Crippen LogP contribution in [0.2, 0.25) is 0 Å². The lowest BCUT2D eigenvalue weighted by atomic mass is 10.2. The summed E-state index contributed by atoms with van der Waals surface area (Å²) in [6.07, 6.45) is 2.91. The molecule has 0 saturated carbocycles. The summed E-state index contributed by atoms with van der Waals surface area (Å²) in [6, 6.07) is 9.11. The van der Waals surface area contributed by atoms with Crippen LogP contribution < -0.4 is 10.1 Å². The van der Waals surface area contributed by atoms with Gasteiger partial charge in [0.2, 0.25) is 0 Å². The van der Waals surface area contributed by atoms with Crippen LogP contribution in [0.1, 0.15) is 39.2 Å². The Kier molecular flexibility index (Phi) is 5.86. The average molecular weight is 276 g/mol. The molecule has 1 N–H and O–H groups in total. The molecule has 1 atom stereocenters. The summed E-state index contributed by atoms with van der Waals surface area (Å²) in [5.74, 6) is 0.968. The summed E-state index contributed by atoms with van der Waals surface area (Å²) in [5, 5.41) is 3.59. The number of benzene rings is 1. The maximum absolute atomic E-state index is 5.73. The molecule has 0 unspecified atom stereocenters. The Bertz CT molecular complexity index is 406. The number of likely N-dealkylation sites (N-methyl/N-ethyl adjacent to an activating group) is 1. The van der Waals surface area contributed by atoms with Crippen molar-refractivity contribution in [2.45, 2.75) is 52.3 Å². The van der Waals surface area contributed by atoms with E-state index in [9.17, 15) is 0 Å². The smallest absolute Gasteiger partial charge is 0.120 e. The van der Waals surface area contributed by atoms with Gasteiger partial charge in [0.15, 0.2) is 0 Å². The highest BCUT2D eigenvalue weighted by molar-refractivity contribution is 5.28. The standard InChI is InChI=1S/C17H28N2O/c1-4-19-10-6-8-16(19)13-18-12-15-7-5-9-17(11-15)20-14(2)3/h5,7,9,11,14,16,18H,4,6,8,10,12-13H2,1-3H3/t16-/m0/s1. The largest absolute Gasteiger partial charge is 0.491 e. The van der Waals surface area contributed by atoms with Gasteiger partial charge in [0.25, 0.3) is 0 Å². The van der Waals surface area contributed by atoms with Gasteiger partial charge in [-0.1, -0.05) is 19.1 Å². The lowest BCUT2D eigenvalue weighted by molar-refractivity contribution is 0.242. The Morgan fingerprint density at radius 1 is 1.40 bits per heavy atom. The van der Waals surface area contributed by atoms with E-state index in [-0.39, 0.29) is 6.10 Å². The van der Waals surface area contributed by atoms with Crippen LogP contribution in [0.3, 0.4) is 0 Å². The maximum Gasteiger partial charge on any atom is 0.120 e. The van der Waals surface area contributed by atoms with Crippen LogP contribution in [-0.4, -0.2) is 36.7 Å². The zero-order valence-corrected chi connectivity index (χ0v) is 13.1. The molecule has 1 aromatic rings. The van der Waals surface area contributed by atoms with Crippen molar-refractivity contribution >= 4 is 0 Å². The zero-order valence-electron chi connectivity index (χ0n) is 13.1. The SMILES string of the molecule is CCN1CCC[C@H]1CNCc1cccc(OC(C)C)c1. The molecule has 1 saturated heterocycles. The molecular formula is C17H28N2O. The molecule has 0 aromatic heterocycles. The van der Waals surface area contributed by atoms with Gasteiger partial charge in [-0.05, 0) is 57.5 Å². The summed E-state index contributed by atoms with van der Waals surface area (Å²) in [7, 11) is 0. The van der Waals surface area contributed by atoms with Crippen LogP contribution in [0.5, 0.6) is 5.75 Å². The van der Waals surface area contributed by atoms with E-state index in [2.05, 4.69) is 49.2 Å². The predicted molar refractivity (Wildman–Crippen MR) is 84.2 cm³/mol. The summed E-state index contributed by atoms with van der Waals surface area (Å²) < 4.78 is 5.73. The van der Waals surface area contributed by atoms with Gasteiger partial charge in [0.1, 0.15) is 5.75 Å². The summed E-state index contributed by atoms with van der Waals surface area (Å²) in [6.45, 7) is 10.8. The molecule has 0 bridgehead atoms. The van der Waals surface area contributed by atoms with E-state index >= 15 is 0 Å². The first-order chi connectivity index (χ1) is 9.69. The molecule has 3 nitrogen and oxygen atoms in total. The lowest BCUT2D eigenvalue weighted by Crippen LogP contribution is -2.37. The second-order valence-corrected chi connectivity index (χ2v) is 5.87. The molecule has 1 fully saturated rings. The van der Waals surface area contributed by atoms with Crippen molar-refractivity contribution in [3.63, 3.8) is 0 Å². The van der Waals surface area contributed by atoms with E-state index in [1.807, 2.05) is 6.07 Å². The fourth-order valence-electron chi connectivity index (χ4n) is 2.93. The van der Waals surface area contributed by atoms with Crippen molar-refractivity contribution in [2.75, 3.05) is 19.6 Å². The maximum atomic E-state index is 5.73. The number of ether oxygens (including phenoxy) is 1. The molecule has 0 aliphatic carbocycles. The van der Waals surface area contributed by atoms with E-state index < -0.39 is 0 Å². The molecule has 20 heavy (non-hydrogen) atoms. The molecule has 1 aromatic carbocycles. The summed E-state index contributed by atoms with van der Waals surface area (Å²) in [5.41, 5.74) is 1.30. The Balaban J connectivity index is 1.79. The number of hydrogen-bond acceptors (Lipinski definition) is 3. The highest BCUT2D eigenvalue weighted by Crippen LogP contribution is 2.17. The van der Waals surface area contributed by atoms with E-state index in [0.717, 1.165) is 24.9 Å². The molecule has 1 aliphatic heterocycles. The van der Waals surface area contributed by atoms with Crippen LogP contribution in [0.4, 0.5) is 0 Å². The van der Waals surface area contributed by atoms with Gasteiger partial charge in [-0.25, -0.2) is 0 Å². The van der Waals surface area contributed by atoms with Crippen LogP contribution >= 0.6 is 0 Å². The van der Waals surface area contributed by atoms with Crippen molar-refractivity contribution in [1.29, 1.82) is 0 Å². The molecule has 2 rings (SSSR count).